The number of rotatable bonds is 9. The largest absolute Gasteiger partial charge is 0.379 e. The minimum absolute atomic E-state index is 0.516. The third-order valence-corrected chi connectivity index (χ3v) is 4.64. The van der Waals surface area contributed by atoms with Gasteiger partial charge in [-0.25, -0.2) is 0 Å². The molecule has 1 heterocycles. The van der Waals surface area contributed by atoms with E-state index in [0.717, 1.165) is 39.5 Å². The number of aryl methyl sites for hydroxylation is 1. The van der Waals surface area contributed by atoms with Crippen LogP contribution in [0.15, 0.2) is 90.9 Å². The molecule has 0 unspecified atom stereocenters. The summed E-state index contributed by atoms with van der Waals surface area (Å²) in [6.07, 6.45) is 5.02. The Morgan fingerprint density at radius 2 is 1.65 bits per heavy atom. The number of hydrogen-bond acceptors (Lipinski definition) is 5. The lowest BCUT2D eigenvalue weighted by Gasteiger charge is -2.13. The first-order valence-corrected chi connectivity index (χ1v) is 11.8. The van der Waals surface area contributed by atoms with E-state index in [1.165, 1.54) is 0 Å². The maximum absolute atomic E-state index is 6.15. The van der Waals surface area contributed by atoms with Gasteiger partial charge in [-0.3, -0.25) is 10.4 Å². The summed E-state index contributed by atoms with van der Waals surface area (Å²) >= 11 is 6.15. The fraction of sp³-hybridized carbons (Fsp3) is 0.214. The van der Waals surface area contributed by atoms with Crippen LogP contribution >= 0.6 is 11.6 Å². The van der Waals surface area contributed by atoms with E-state index in [4.69, 9.17) is 11.6 Å². The van der Waals surface area contributed by atoms with Gasteiger partial charge >= 0.3 is 0 Å². The van der Waals surface area contributed by atoms with Crippen molar-refractivity contribution in [1.82, 2.24) is 10.4 Å². The van der Waals surface area contributed by atoms with Crippen molar-refractivity contribution in [3.05, 3.63) is 108 Å². The maximum Gasteiger partial charge on any atom is 0.0680 e. The van der Waals surface area contributed by atoms with Crippen molar-refractivity contribution >= 4 is 34.9 Å². The molecule has 0 atom stereocenters. The Balaban J connectivity index is 0.00000137. The number of hydrazone groups is 1. The van der Waals surface area contributed by atoms with Gasteiger partial charge in [0.05, 0.1) is 17.8 Å². The molecule has 180 valence electrons. The first kappa shape index (κ1) is 28.5. The SMILES string of the molecule is C=C(CNc1cccc(C(=C)Nc2ccccc2)c1)N/N=C/c1c(C)cncc1Cl.CC.CC. The molecule has 0 amide bonds. The molecular formula is C28H36ClN5. The number of nitrogens with one attached hydrogen (secondary N) is 3. The second kappa shape index (κ2) is 16.1. The van der Waals surface area contributed by atoms with Crippen molar-refractivity contribution < 1.29 is 0 Å². The lowest BCUT2D eigenvalue weighted by molar-refractivity contribution is 0.874. The molecule has 0 aliphatic heterocycles. The maximum atomic E-state index is 6.15. The van der Waals surface area contributed by atoms with E-state index in [9.17, 15) is 0 Å². The van der Waals surface area contributed by atoms with Crippen molar-refractivity contribution in [1.29, 1.82) is 0 Å². The molecule has 0 bridgehead atoms. The highest BCUT2D eigenvalue weighted by Gasteiger charge is 2.03. The molecule has 0 fully saturated rings. The normalized spacial score (nSPS) is 9.71. The molecule has 0 spiro atoms. The summed E-state index contributed by atoms with van der Waals surface area (Å²) in [5.41, 5.74) is 9.23. The summed E-state index contributed by atoms with van der Waals surface area (Å²) < 4.78 is 0. The van der Waals surface area contributed by atoms with E-state index >= 15 is 0 Å². The summed E-state index contributed by atoms with van der Waals surface area (Å²) in [5, 5.41) is 11.4. The van der Waals surface area contributed by atoms with Crippen molar-refractivity contribution in [2.75, 3.05) is 17.2 Å². The lowest BCUT2D eigenvalue weighted by Crippen LogP contribution is -2.14. The molecule has 3 aromatic rings. The van der Waals surface area contributed by atoms with Crippen LogP contribution in [0.5, 0.6) is 0 Å². The smallest absolute Gasteiger partial charge is 0.0680 e. The van der Waals surface area contributed by atoms with Crippen LogP contribution in [0.1, 0.15) is 44.4 Å². The summed E-state index contributed by atoms with van der Waals surface area (Å²) in [4.78, 5) is 4.04. The highest BCUT2D eigenvalue weighted by Crippen LogP contribution is 2.20. The molecule has 6 heteroatoms. The molecular weight excluding hydrogens is 442 g/mol. The predicted octanol–water partition coefficient (Wildman–Crippen LogP) is 7.73. The van der Waals surface area contributed by atoms with Crippen LogP contribution in [0.4, 0.5) is 11.4 Å². The Bertz CT molecular complexity index is 1040. The van der Waals surface area contributed by atoms with Gasteiger partial charge in [-0.1, -0.05) is 82.8 Å². The molecule has 3 N–H and O–H groups in total. The average molecular weight is 478 g/mol. The van der Waals surface area contributed by atoms with Gasteiger partial charge in [-0.2, -0.15) is 5.10 Å². The molecule has 0 aliphatic carbocycles. The van der Waals surface area contributed by atoms with Gasteiger partial charge in [0.15, 0.2) is 0 Å². The average Bonchev–Trinajstić information content (AvgIpc) is 2.88. The van der Waals surface area contributed by atoms with Crippen molar-refractivity contribution in [3.63, 3.8) is 0 Å². The van der Waals surface area contributed by atoms with E-state index in [1.807, 2.05) is 89.2 Å². The van der Waals surface area contributed by atoms with E-state index in [1.54, 1.807) is 18.6 Å². The highest BCUT2D eigenvalue weighted by atomic mass is 35.5. The van der Waals surface area contributed by atoms with Gasteiger partial charge < -0.3 is 10.6 Å². The Kier molecular flexibility index (Phi) is 13.5. The van der Waals surface area contributed by atoms with E-state index < -0.39 is 0 Å². The summed E-state index contributed by atoms with van der Waals surface area (Å²) in [6.45, 7) is 18.6. The number of pyridine rings is 1. The first-order chi connectivity index (χ1) is 16.5. The molecule has 2 aromatic carbocycles. The van der Waals surface area contributed by atoms with Crippen LogP contribution < -0.4 is 16.1 Å². The zero-order chi connectivity index (χ0) is 25.3. The molecule has 0 aliphatic rings. The number of para-hydroxylation sites is 1. The molecule has 0 saturated carbocycles. The molecule has 1 aromatic heterocycles. The standard InChI is InChI=1S/C24H24ClN5.2C2H6/c1-17-13-26-16-24(25)23(17)15-28-30-18(2)14-27-22-11-7-8-20(12-22)19(3)29-21-9-5-4-6-10-21;2*1-2/h4-13,15-16,27,29-30H,2-3,14H2,1H3;2*1-2H3/b28-15+;;. The predicted molar refractivity (Wildman–Crippen MR) is 151 cm³/mol. The number of anilines is 2. The summed E-state index contributed by atoms with van der Waals surface area (Å²) in [5.74, 6) is 0. The van der Waals surface area contributed by atoms with E-state index in [-0.39, 0.29) is 0 Å². The minimum atomic E-state index is 0.516. The second-order valence-electron chi connectivity index (χ2n) is 6.73. The van der Waals surface area contributed by atoms with Gasteiger partial charge in [0, 0.05) is 40.7 Å². The Labute approximate surface area is 209 Å². The van der Waals surface area contributed by atoms with Gasteiger partial charge in [-0.05, 0) is 42.3 Å². The Hall–Kier alpha value is -3.57. The zero-order valence-corrected chi connectivity index (χ0v) is 21.6. The topological polar surface area (TPSA) is 61.3 Å². The lowest BCUT2D eigenvalue weighted by atomic mass is 10.1. The minimum Gasteiger partial charge on any atom is -0.379 e. The van der Waals surface area contributed by atoms with Gasteiger partial charge in [0.2, 0.25) is 0 Å². The second-order valence-corrected chi connectivity index (χ2v) is 7.14. The van der Waals surface area contributed by atoms with Crippen LogP contribution in [0.25, 0.3) is 5.70 Å². The quantitative estimate of drug-likeness (QED) is 0.218. The van der Waals surface area contributed by atoms with Gasteiger partial charge in [0.1, 0.15) is 0 Å². The first-order valence-electron chi connectivity index (χ1n) is 11.4. The monoisotopic (exact) mass is 477 g/mol. The van der Waals surface area contributed by atoms with Crippen molar-refractivity contribution in [2.45, 2.75) is 34.6 Å². The Morgan fingerprint density at radius 3 is 2.32 bits per heavy atom. The molecule has 0 saturated heterocycles. The molecule has 34 heavy (non-hydrogen) atoms. The number of halogens is 1. The van der Waals surface area contributed by atoms with Crippen LogP contribution in [-0.2, 0) is 0 Å². The molecule has 5 nitrogen and oxygen atoms in total. The van der Waals surface area contributed by atoms with Crippen LogP contribution in [-0.4, -0.2) is 17.7 Å². The summed E-state index contributed by atoms with van der Waals surface area (Å²) in [7, 11) is 0. The fourth-order valence-electron chi connectivity index (χ4n) is 2.73. The van der Waals surface area contributed by atoms with Crippen LogP contribution in [0, 0.1) is 6.92 Å². The number of aromatic nitrogens is 1. The van der Waals surface area contributed by atoms with E-state index in [0.29, 0.717) is 11.6 Å². The third kappa shape index (κ3) is 9.51. The van der Waals surface area contributed by atoms with Crippen LogP contribution in [0.3, 0.4) is 0 Å². The number of hydrogen-bond donors (Lipinski definition) is 3. The molecule has 0 radical (unpaired) electrons. The third-order valence-electron chi connectivity index (χ3n) is 4.34. The number of nitrogens with zero attached hydrogens (tertiary/aromatic N) is 2. The van der Waals surface area contributed by atoms with E-state index in [2.05, 4.69) is 39.3 Å². The fourth-order valence-corrected chi connectivity index (χ4v) is 2.98. The highest BCUT2D eigenvalue weighted by molar-refractivity contribution is 6.33. The summed E-state index contributed by atoms with van der Waals surface area (Å²) in [6, 6.07) is 18.0. The van der Waals surface area contributed by atoms with Gasteiger partial charge in [-0.15, -0.1) is 0 Å². The van der Waals surface area contributed by atoms with Gasteiger partial charge in [0.25, 0.3) is 0 Å². The van der Waals surface area contributed by atoms with Crippen molar-refractivity contribution in [2.24, 2.45) is 5.10 Å². The number of benzene rings is 2. The Morgan fingerprint density at radius 1 is 0.971 bits per heavy atom. The molecule has 3 rings (SSSR count). The van der Waals surface area contributed by atoms with Crippen molar-refractivity contribution in [3.8, 4) is 0 Å². The zero-order valence-electron chi connectivity index (χ0n) is 20.8. The van der Waals surface area contributed by atoms with Crippen LogP contribution in [0.2, 0.25) is 5.02 Å².